The Morgan fingerprint density at radius 3 is 2.48 bits per heavy atom. The average Bonchev–Trinajstić information content (AvgIpc) is 2.81. The van der Waals surface area contributed by atoms with Crippen LogP contribution < -0.4 is 20.1 Å². The first-order valence-electron chi connectivity index (χ1n) is 10.6. The Kier molecular flexibility index (Phi) is 8.18. The molecule has 0 aromatic heterocycles. The van der Waals surface area contributed by atoms with Crippen molar-refractivity contribution >= 4 is 23.5 Å². The van der Waals surface area contributed by atoms with Crippen molar-refractivity contribution < 1.29 is 23.9 Å². The van der Waals surface area contributed by atoms with Gasteiger partial charge in [0.2, 0.25) is 0 Å². The summed E-state index contributed by atoms with van der Waals surface area (Å²) in [5.41, 5.74) is 2.84. The van der Waals surface area contributed by atoms with Crippen molar-refractivity contribution in [3.63, 3.8) is 0 Å². The van der Waals surface area contributed by atoms with Gasteiger partial charge in [0.05, 0.1) is 0 Å². The highest BCUT2D eigenvalue weighted by atomic mass is 16.5. The minimum atomic E-state index is -0.452. The number of carbonyl (C=O) groups is 3. The summed E-state index contributed by atoms with van der Waals surface area (Å²) in [5.74, 6) is -0.0229. The third-order valence-electron chi connectivity index (χ3n) is 4.73. The molecule has 0 fully saturated rings. The predicted octanol–water partition coefficient (Wildman–Crippen LogP) is 4.12. The van der Waals surface area contributed by atoms with Crippen LogP contribution in [0.5, 0.6) is 11.5 Å². The first-order chi connectivity index (χ1) is 15.9. The second kappa shape index (κ2) is 11.5. The molecule has 0 aliphatic rings. The highest BCUT2D eigenvalue weighted by Crippen LogP contribution is 2.18. The fourth-order valence-electron chi connectivity index (χ4n) is 3.19. The standard InChI is InChI=1S/C26H26N2O5/c1-3-20-9-4-5-13-24(20)32-17-25(30)28-22-11-6-8-19(14-22)16-27-26(31)21-10-7-12-23(15-21)33-18(2)29/h4-15H,3,16-17H2,1-2H3,(H,27,31)(H,28,30). The Morgan fingerprint density at radius 2 is 1.70 bits per heavy atom. The van der Waals surface area contributed by atoms with Crippen molar-refractivity contribution in [1.29, 1.82) is 0 Å². The van der Waals surface area contributed by atoms with Gasteiger partial charge in [-0.05, 0) is 53.9 Å². The van der Waals surface area contributed by atoms with Crippen molar-refractivity contribution in [1.82, 2.24) is 5.32 Å². The lowest BCUT2D eigenvalue weighted by atomic mass is 10.1. The molecular weight excluding hydrogens is 420 g/mol. The van der Waals surface area contributed by atoms with Gasteiger partial charge in [0.1, 0.15) is 11.5 Å². The Balaban J connectivity index is 1.53. The summed E-state index contributed by atoms with van der Waals surface area (Å²) in [6.45, 7) is 3.50. The Labute approximate surface area is 192 Å². The van der Waals surface area contributed by atoms with Gasteiger partial charge in [0, 0.05) is 24.7 Å². The third-order valence-corrected chi connectivity index (χ3v) is 4.73. The maximum absolute atomic E-state index is 12.5. The molecule has 0 radical (unpaired) electrons. The van der Waals surface area contributed by atoms with Gasteiger partial charge in [-0.25, -0.2) is 0 Å². The summed E-state index contributed by atoms with van der Waals surface area (Å²) >= 11 is 0. The smallest absolute Gasteiger partial charge is 0.308 e. The molecule has 0 saturated heterocycles. The van der Waals surface area contributed by atoms with Gasteiger partial charge in [-0.2, -0.15) is 0 Å². The number of hydrogen-bond donors (Lipinski definition) is 2. The SMILES string of the molecule is CCc1ccccc1OCC(=O)Nc1cccc(CNC(=O)c2cccc(OC(C)=O)c2)c1. The number of nitrogens with one attached hydrogen (secondary N) is 2. The van der Waals surface area contributed by atoms with E-state index in [1.54, 1.807) is 36.4 Å². The summed E-state index contributed by atoms with van der Waals surface area (Å²) in [6, 6.07) is 21.2. The highest BCUT2D eigenvalue weighted by Gasteiger charge is 2.09. The van der Waals surface area contributed by atoms with Crippen LogP contribution in [0.3, 0.4) is 0 Å². The first kappa shape index (κ1) is 23.5. The first-order valence-corrected chi connectivity index (χ1v) is 10.6. The quantitative estimate of drug-likeness (QED) is 0.381. The Bertz CT molecular complexity index is 1140. The van der Waals surface area contributed by atoms with Crippen molar-refractivity contribution in [2.45, 2.75) is 26.8 Å². The second-order valence-electron chi connectivity index (χ2n) is 7.30. The molecule has 7 nitrogen and oxygen atoms in total. The molecule has 170 valence electrons. The van der Waals surface area contributed by atoms with Gasteiger partial charge in [0.15, 0.2) is 6.61 Å². The van der Waals surface area contributed by atoms with Crippen LogP contribution in [0.15, 0.2) is 72.8 Å². The zero-order valence-electron chi connectivity index (χ0n) is 18.6. The minimum Gasteiger partial charge on any atom is -0.483 e. The molecule has 2 N–H and O–H groups in total. The molecule has 0 atom stereocenters. The van der Waals surface area contributed by atoms with Crippen LogP contribution in [-0.2, 0) is 22.6 Å². The van der Waals surface area contributed by atoms with Gasteiger partial charge >= 0.3 is 5.97 Å². The maximum Gasteiger partial charge on any atom is 0.308 e. The summed E-state index contributed by atoms with van der Waals surface area (Å²) in [7, 11) is 0. The fraction of sp³-hybridized carbons (Fsp3) is 0.192. The van der Waals surface area contributed by atoms with Gasteiger partial charge in [-0.3, -0.25) is 14.4 Å². The van der Waals surface area contributed by atoms with Crippen molar-refractivity contribution in [2.24, 2.45) is 0 Å². The van der Waals surface area contributed by atoms with E-state index in [0.717, 1.165) is 17.5 Å². The van der Waals surface area contributed by atoms with Crippen molar-refractivity contribution in [3.05, 3.63) is 89.5 Å². The largest absolute Gasteiger partial charge is 0.483 e. The zero-order chi connectivity index (χ0) is 23.6. The lowest BCUT2D eigenvalue weighted by molar-refractivity contribution is -0.131. The molecule has 0 bridgehead atoms. The maximum atomic E-state index is 12.5. The van der Waals surface area contributed by atoms with E-state index < -0.39 is 5.97 Å². The van der Waals surface area contributed by atoms with E-state index in [1.807, 2.05) is 37.3 Å². The van der Waals surface area contributed by atoms with Crippen LogP contribution in [-0.4, -0.2) is 24.4 Å². The number of anilines is 1. The number of esters is 1. The number of benzene rings is 3. The van der Waals surface area contributed by atoms with E-state index in [0.29, 0.717) is 22.7 Å². The second-order valence-corrected chi connectivity index (χ2v) is 7.30. The average molecular weight is 447 g/mol. The molecule has 7 heteroatoms. The predicted molar refractivity (Wildman–Crippen MR) is 125 cm³/mol. The highest BCUT2D eigenvalue weighted by molar-refractivity contribution is 5.95. The van der Waals surface area contributed by atoms with E-state index >= 15 is 0 Å². The number of aryl methyl sites for hydroxylation is 1. The summed E-state index contributed by atoms with van der Waals surface area (Å²) in [5, 5.41) is 5.63. The molecule has 0 aliphatic heterocycles. The van der Waals surface area contributed by atoms with E-state index in [1.165, 1.54) is 13.0 Å². The molecule has 2 amide bonds. The van der Waals surface area contributed by atoms with E-state index in [4.69, 9.17) is 9.47 Å². The van der Waals surface area contributed by atoms with Crippen LogP contribution >= 0.6 is 0 Å². The van der Waals surface area contributed by atoms with Crippen LogP contribution in [0.2, 0.25) is 0 Å². The van der Waals surface area contributed by atoms with Crippen LogP contribution in [0.4, 0.5) is 5.69 Å². The number of hydrogen-bond acceptors (Lipinski definition) is 5. The molecule has 0 saturated carbocycles. The molecular formula is C26H26N2O5. The lowest BCUT2D eigenvalue weighted by Crippen LogP contribution is -2.23. The van der Waals surface area contributed by atoms with E-state index in [-0.39, 0.29) is 25.0 Å². The lowest BCUT2D eigenvalue weighted by Gasteiger charge is -2.11. The topological polar surface area (TPSA) is 93.7 Å². The van der Waals surface area contributed by atoms with Crippen molar-refractivity contribution in [3.8, 4) is 11.5 Å². The number of carbonyl (C=O) groups excluding carboxylic acids is 3. The van der Waals surface area contributed by atoms with Gasteiger partial charge in [-0.1, -0.05) is 43.3 Å². The molecule has 0 aliphatic carbocycles. The number of para-hydroxylation sites is 1. The van der Waals surface area contributed by atoms with Crippen LogP contribution in [0.1, 0.15) is 35.3 Å². The molecule has 3 aromatic carbocycles. The van der Waals surface area contributed by atoms with Crippen LogP contribution in [0.25, 0.3) is 0 Å². The fourth-order valence-corrected chi connectivity index (χ4v) is 3.19. The normalized spacial score (nSPS) is 10.2. The molecule has 0 unspecified atom stereocenters. The summed E-state index contributed by atoms with van der Waals surface area (Å²) in [4.78, 5) is 35.9. The van der Waals surface area contributed by atoms with Gasteiger partial charge < -0.3 is 20.1 Å². The van der Waals surface area contributed by atoms with E-state index in [2.05, 4.69) is 10.6 Å². The number of amides is 2. The zero-order valence-corrected chi connectivity index (χ0v) is 18.6. The summed E-state index contributed by atoms with van der Waals surface area (Å²) in [6.07, 6.45) is 0.819. The van der Waals surface area contributed by atoms with Crippen LogP contribution in [0, 0.1) is 0 Å². The molecule has 0 spiro atoms. The van der Waals surface area contributed by atoms with Gasteiger partial charge in [-0.15, -0.1) is 0 Å². The molecule has 33 heavy (non-hydrogen) atoms. The minimum absolute atomic E-state index is 0.101. The number of ether oxygens (including phenoxy) is 2. The third kappa shape index (κ3) is 7.21. The van der Waals surface area contributed by atoms with E-state index in [9.17, 15) is 14.4 Å². The van der Waals surface area contributed by atoms with Gasteiger partial charge in [0.25, 0.3) is 11.8 Å². The summed E-state index contributed by atoms with van der Waals surface area (Å²) < 4.78 is 10.7. The molecule has 3 aromatic rings. The van der Waals surface area contributed by atoms with Crippen molar-refractivity contribution in [2.75, 3.05) is 11.9 Å². The monoisotopic (exact) mass is 446 g/mol. The number of rotatable bonds is 9. The molecule has 3 rings (SSSR count). The molecule has 0 heterocycles. The Hall–Kier alpha value is -4.13. The Morgan fingerprint density at radius 1 is 0.909 bits per heavy atom.